The molecule has 0 aromatic heterocycles. The molecular formula is C11H21N3O4. The summed E-state index contributed by atoms with van der Waals surface area (Å²) >= 11 is 0. The first-order valence-electron chi connectivity index (χ1n) is 5.79. The first-order valence-corrected chi connectivity index (χ1v) is 5.79. The molecule has 18 heavy (non-hydrogen) atoms. The Kier molecular flexibility index (Phi) is 7.53. The van der Waals surface area contributed by atoms with Crippen molar-refractivity contribution in [1.82, 2.24) is 0 Å². The number of rotatable bonds is 10. The Hall–Kier alpha value is -1.15. The van der Waals surface area contributed by atoms with Crippen LogP contribution in [0, 0.1) is 5.41 Å². The van der Waals surface area contributed by atoms with E-state index in [0.717, 1.165) is 0 Å². The lowest BCUT2D eigenvalue weighted by molar-refractivity contribution is -0.151. The normalized spacial score (nSPS) is 11.3. The van der Waals surface area contributed by atoms with Crippen molar-refractivity contribution >= 4 is 17.3 Å². The predicted molar refractivity (Wildman–Crippen MR) is 65.7 cm³/mol. The Balaban J connectivity index is 5.33. The van der Waals surface area contributed by atoms with Crippen molar-refractivity contribution in [3.63, 3.8) is 0 Å². The average Bonchev–Trinajstić information content (AvgIpc) is 2.41. The number of nitrogens with two attached hydrogens (primary N) is 3. The van der Waals surface area contributed by atoms with E-state index in [0.29, 0.717) is 13.0 Å². The summed E-state index contributed by atoms with van der Waals surface area (Å²) in [6.07, 6.45) is 0.695. The maximum absolute atomic E-state index is 11.9. The highest BCUT2D eigenvalue weighted by Crippen LogP contribution is 2.22. The number of hydrogen-bond donors (Lipinski definition) is 3. The second-order valence-electron chi connectivity index (χ2n) is 3.84. The summed E-state index contributed by atoms with van der Waals surface area (Å²) in [4.78, 5) is 35.6. The van der Waals surface area contributed by atoms with Crippen molar-refractivity contribution in [2.45, 2.75) is 13.3 Å². The molecule has 0 aliphatic carbocycles. The fourth-order valence-electron chi connectivity index (χ4n) is 1.60. The van der Waals surface area contributed by atoms with E-state index in [-0.39, 0.29) is 6.61 Å². The molecule has 0 fully saturated rings. The summed E-state index contributed by atoms with van der Waals surface area (Å²) < 4.78 is 5.19. The molecule has 7 heteroatoms. The second kappa shape index (κ2) is 8.04. The molecule has 0 rings (SSSR count). The standard InChI is InChI=1S/C11H21N3O4/c1-2-3-18-7-11(8(15)4-12,9(16)5-13)10(17)6-14/h2-7,12-14H2,1H3. The number of carbonyl (C=O) groups excluding carboxylic acids is 3. The first kappa shape index (κ1) is 16.9. The second-order valence-corrected chi connectivity index (χ2v) is 3.84. The molecule has 0 radical (unpaired) electrons. The van der Waals surface area contributed by atoms with E-state index in [4.69, 9.17) is 21.9 Å². The molecule has 0 heterocycles. The number of carbonyl (C=O) groups is 3. The van der Waals surface area contributed by atoms with Crippen molar-refractivity contribution in [1.29, 1.82) is 0 Å². The zero-order valence-electron chi connectivity index (χ0n) is 10.6. The van der Waals surface area contributed by atoms with Crippen LogP contribution in [0.2, 0.25) is 0 Å². The molecule has 104 valence electrons. The Morgan fingerprint density at radius 3 is 1.61 bits per heavy atom. The highest BCUT2D eigenvalue weighted by molar-refractivity contribution is 6.25. The van der Waals surface area contributed by atoms with Gasteiger partial charge in [-0.2, -0.15) is 0 Å². The minimum absolute atomic E-state index is 0.329. The Labute approximate surface area is 106 Å². The number of ketones is 3. The van der Waals surface area contributed by atoms with Crippen molar-refractivity contribution in [3.05, 3.63) is 0 Å². The van der Waals surface area contributed by atoms with Crippen LogP contribution in [0.5, 0.6) is 0 Å². The quantitative estimate of drug-likeness (QED) is 0.304. The SMILES string of the molecule is CCCOCC(C(=O)CN)(C(=O)CN)C(=O)CN. The molecule has 0 aromatic rings. The molecule has 0 spiro atoms. The summed E-state index contributed by atoms with van der Waals surface area (Å²) in [6, 6.07) is 0. The van der Waals surface area contributed by atoms with Crippen LogP contribution in [0.4, 0.5) is 0 Å². The van der Waals surface area contributed by atoms with Crippen molar-refractivity contribution in [3.8, 4) is 0 Å². The smallest absolute Gasteiger partial charge is 0.172 e. The predicted octanol–water partition coefficient (Wildman–Crippen LogP) is -2.02. The van der Waals surface area contributed by atoms with Crippen LogP contribution in [-0.4, -0.2) is 50.2 Å². The number of ether oxygens (including phenoxy) is 1. The van der Waals surface area contributed by atoms with Crippen molar-refractivity contribution < 1.29 is 19.1 Å². The lowest BCUT2D eigenvalue weighted by atomic mass is 9.75. The molecule has 0 saturated heterocycles. The fraction of sp³-hybridized carbons (Fsp3) is 0.727. The highest BCUT2D eigenvalue weighted by Gasteiger charge is 2.49. The largest absolute Gasteiger partial charge is 0.379 e. The molecule has 0 saturated carbocycles. The van der Waals surface area contributed by atoms with Crippen molar-refractivity contribution in [2.75, 3.05) is 32.8 Å². The number of hydrogen-bond acceptors (Lipinski definition) is 7. The van der Waals surface area contributed by atoms with Crippen LogP contribution in [0.1, 0.15) is 13.3 Å². The molecular weight excluding hydrogens is 238 g/mol. The fourth-order valence-corrected chi connectivity index (χ4v) is 1.60. The highest BCUT2D eigenvalue weighted by atomic mass is 16.5. The van der Waals surface area contributed by atoms with Crippen LogP contribution in [0.3, 0.4) is 0 Å². The Bertz CT molecular complexity index is 277. The average molecular weight is 259 g/mol. The van der Waals surface area contributed by atoms with Gasteiger partial charge in [0.1, 0.15) is 0 Å². The van der Waals surface area contributed by atoms with E-state index >= 15 is 0 Å². The van der Waals surface area contributed by atoms with Gasteiger partial charge in [-0.1, -0.05) is 6.92 Å². The molecule has 0 aliphatic rings. The maximum Gasteiger partial charge on any atom is 0.172 e. The van der Waals surface area contributed by atoms with E-state index in [1.807, 2.05) is 6.92 Å². The van der Waals surface area contributed by atoms with E-state index in [1.165, 1.54) is 0 Å². The molecule has 0 unspecified atom stereocenters. The lowest BCUT2D eigenvalue weighted by Crippen LogP contribution is -2.56. The Morgan fingerprint density at radius 2 is 1.33 bits per heavy atom. The zero-order chi connectivity index (χ0) is 14.2. The number of Topliss-reactive ketones (excluding diaryl/α,β-unsaturated/α-hetero) is 3. The summed E-state index contributed by atoms with van der Waals surface area (Å²) in [5, 5.41) is 0. The van der Waals surface area contributed by atoms with Crippen LogP contribution in [0.15, 0.2) is 0 Å². The van der Waals surface area contributed by atoms with Gasteiger partial charge in [0.15, 0.2) is 22.8 Å². The molecule has 0 aromatic carbocycles. The van der Waals surface area contributed by atoms with E-state index in [1.54, 1.807) is 0 Å². The zero-order valence-corrected chi connectivity index (χ0v) is 10.6. The first-order chi connectivity index (χ1) is 8.50. The van der Waals surface area contributed by atoms with Crippen LogP contribution in [-0.2, 0) is 19.1 Å². The van der Waals surface area contributed by atoms with Gasteiger partial charge in [0.05, 0.1) is 26.2 Å². The minimum atomic E-state index is -1.94. The summed E-state index contributed by atoms with van der Waals surface area (Å²) in [6.45, 7) is 0.535. The van der Waals surface area contributed by atoms with Gasteiger partial charge in [-0.3, -0.25) is 14.4 Å². The van der Waals surface area contributed by atoms with Gasteiger partial charge in [-0.15, -0.1) is 0 Å². The van der Waals surface area contributed by atoms with E-state index < -0.39 is 42.4 Å². The van der Waals surface area contributed by atoms with Gasteiger partial charge in [-0.25, -0.2) is 0 Å². The van der Waals surface area contributed by atoms with Gasteiger partial charge in [0.25, 0.3) is 0 Å². The molecule has 0 atom stereocenters. The van der Waals surface area contributed by atoms with Gasteiger partial charge in [0.2, 0.25) is 0 Å². The van der Waals surface area contributed by atoms with Crippen LogP contribution >= 0.6 is 0 Å². The van der Waals surface area contributed by atoms with Crippen LogP contribution in [0.25, 0.3) is 0 Å². The van der Waals surface area contributed by atoms with Crippen molar-refractivity contribution in [2.24, 2.45) is 22.6 Å². The topological polar surface area (TPSA) is 138 Å². The van der Waals surface area contributed by atoms with E-state index in [2.05, 4.69) is 0 Å². The lowest BCUT2D eigenvalue weighted by Gasteiger charge is -2.28. The summed E-state index contributed by atoms with van der Waals surface area (Å²) in [5.41, 5.74) is 13.8. The maximum atomic E-state index is 11.9. The summed E-state index contributed by atoms with van der Waals surface area (Å²) in [7, 11) is 0. The van der Waals surface area contributed by atoms with Gasteiger partial charge >= 0.3 is 0 Å². The minimum Gasteiger partial charge on any atom is -0.379 e. The van der Waals surface area contributed by atoms with Gasteiger partial charge in [0, 0.05) is 6.61 Å². The molecule has 0 aliphatic heterocycles. The third-order valence-electron chi connectivity index (χ3n) is 2.65. The molecule has 0 bridgehead atoms. The third-order valence-corrected chi connectivity index (χ3v) is 2.65. The van der Waals surface area contributed by atoms with Crippen LogP contribution < -0.4 is 17.2 Å². The van der Waals surface area contributed by atoms with Gasteiger partial charge < -0.3 is 21.9 Å². The Morgan fingerprint density at radius 1 is 0.944 bits per heavy atom. The molecule has 0 amide bonds. The third kappa shape index (κ3) is 3.42. The van der Waals surface area contributed by atoms with E-state index in [9.17, 15) is 14.4 Å². The van der Waals surface area contributed by atoms with Gasteiger partial charge in [-0.05, 0) is 6.42 Å². The molecule has 7 nitrogen and oxygen atoms in total. The monoisotopic (exact) mass is 259 g/mol. The molecule has 6 N–H and O–H groups in total. The summed E-state index contributed by atoms with van der Waals surface area (Å²) in [5.74, 6) is -2.11.